The van der Waals surface area contributed by atoms with Crippen LogP contribution in [-0.2, 0) is 0 Å². The second-order valence-electron chi connectivity index (χ2n) is 3.70. The molecule has 0 fully saturated rings. The molecule has 0 atom stereocenters. The molecular weight excluding hydrogens is 242 g/mol. The van der Waals surface area contributed by atoms with Gasteiger partial charge in [-0.2, -0.15) is 5.26 Å². The van der Waals surface area contributed by atoms with Crippen molar-refractivity contribution in [2.24, 2.45) is 0 Å². The number of nitriles is 1. The SMILES string of the molecule is COc1ccc(Nc2nccc(OC)c2C#N)cc1. The third-order valence-electron chi connectivity index (χ3n) is 2.60. The Balaban J connectivity index is 2.30. The number of pyridine rings is 1. The van der Waals surface area contributed by atoms with Crippen molar-refractivity contribution in [3.63, 3.8) is 0 Å². The first kappa shape index (κ1) is 12.7. The molecule has 0 bridgehead atoms. The summed E-state index contributed by atoms with van der Waals surface area (Å²) >= 11 is 0. The number of hydrogen-bond acceptors (Lipinski definition) is 5. The molecule has 5 nitrogen and oxygen atoms in total. The molecule has 1 N–H and O–H groups in total. The van der Waals surface area contributed by atoms with E-state index in [-0.39, 0.29) is 0 Å². The summed E-state index contributed by atoms with van der Waals surface area (Å²) in [4.78, 5) is 4.15. The summed E-state index contributed by atoms with van der Waals surface area (Å²) in [6, 6.07) is 11.1. The van der Waals surface area contributed by atoms with Crippen LogP contribution in [0.3, 0.4) is 0 Å². The van der Waals surface area contributed by atoms with Gasteiger partial charge in [-0.25, -0.2) is 4.98 Å². The fraction of sp³-hybridized carbons (Fsp3) is 0.143. The molecule has 0 aliphatic heterocycles. The van der Waals surface area contributed by atoms with Gasteiger partial charge in [-0.1, -0.05) is 0 Å². The molecule has 1 aromatic carbocycles. The highest BCUT2D eigenvalue weighted by molar-refractivity contribution is 5.66. The van der Waals surface area contributed by atoms with Crippen molar-refractivity contribution in [2.75, 3.05) is 19.5 Å². The van der Waals surface area contributed by atoms with Crippen molar-refractivity contribution >= 4 is 11.5 Å². The number of methoxy groups -OCH3 is 2. The minimum absolute atomic E-state index is 0.376. The van der Waals surface area contributed by atoms with Gasteiger partial charge in [0.2, 0.25) is 0 Å². The van der Waals surface area contributed by atoms with Crippen molar-refractivity contribution in [3.05, 3.63) is 42.1 Å². The average molecular weight is 255 g/mol. The predicted molar refractivity (Wildman–Crippen MR) is 71.8 cm³/mol. The van der Waals surface area contributed by atoms with Crippen LogP contribution in [0.4, 0.5) is 11.5 Å². The van der Waals surface area contributed by atoms with Gasteiger partial charge in [0.05, 0.1) is 14.2 Å². The van der Waals surface area contributed by atoms with Crippen LogP contribution in [0.1, 0.15) is 5.56 Å². The van der Waals surface area contributed by atoms with E-state index in [2.05, 4.69) is 16.4 Å². The smallest absolute Gasteiger partial charge is 0.152 e. The van der Waals surface area contributed by atoms with Crippen molar-refractivity contribution < 1.29 is 9.47 Å². The summed E-state index contributed by atoms with van der Waals surface area (Å²) in [5.41, 5.74) is 1.19. The zero-order valence-electron chi connectivity index (χ0n) is 10.7. The fourth-order valence-electron chi connectivity index (χ4n) is 1.63. The van der Waals surface area contributed by atoms with Crippen LogP contribution in [0, 0.1) is 11.3 Å². The van der Waals surface area contributed by atoms with Crippen LogP contribution < -0.4 is 14.8 Å². The van der Waals surface area contributed by atoms with Crippen molar-refractivity contribution in [1.82, 2.24) is 4.98 Å². The lowest BCUT2D eigenvalue weighted by atomic mass is 10.2. The van der Waals surface area contributed by atoms with Gasteiger partial charge in [0.25, 0.3) is 0 Å². The van der Waals surface area contributed by atoms with E-state index < -0.39 is 0 Å². The van der Waals surface area contributed by atoms with E-state index in [4.69, 9.17) is 14.7 Å². The maximum atomic E-state index is 9.16. The van der Waals surface area contributed by atoms with E-state index in [1.165, 1.54) is 7.11 Å². The van der Waals surface area contributed by atoms with Gasteiger partial charge in [0.15, 0.2) is 5.82 Å². The second kappa shape index (κ2) is 5.74. The summed E-state index contributed by atoms with van der Waals surface area (Å²) in [7, 11) is 3.13. The van der Waals surface area contributed by atoms with Gasteiger partial charge in [0.1, 0.15) is 23.1 Å². The van der Waals surface area contributed by atoms with Crippen LogP contribution in [-0.4, -0.2) is 19.2 Å². The van der Waals surface area contributed by atoms with Gasteiger partial charge in [-0.05, 0) is 30.3 Å². The summed E-state index contributed by atoms with van der Waals surface area (Å²) < 4.78 is 10.2. The number of nitrogens with one attached hydrogen (secondary N) is 1. The lowest BCUT2D eigenvalue weighted by molar-refractivity contribution is 0.413. The zero-order valence-corrected chi connectivity index (χ0v) is 10.7. The third-order valence-corrected chi connectivity index (χ3v) is 2.60. The van der Waals surface area contributed by atoms with Crippen molar-refractivity contribution in [1.29, 1.82) is 5.26 Å². The predicted octanol–water partition coefficient (Wildman–Crippen LogP) is 2.71. The molecule has 96 valence electrons. The Labute approximate surface area is 111 Å². The quantitative estimate of drug-likeness (QED) is 0.909. The van der Waals surface area contributed by atoms with Crippen molar-refractivity contribution in [2.45, 2.75) is 0 Å². The minimum atomic E-state index is 0.376. The normalized spacial score (nSPS) is 9.53. The Morgan fingerprint density at radius 2 is 1.84 bits per heavy atom. The molecule has 0 unspecified atom stereocenters. The van der Waals surface area contributed by atoms with Gasteiger partial charge >= 0.3 is 0 Å². The van der Waals surface area contributed by atoms with Crippen LogP contribution in [0.2, 0.25) is 0 Å². The molecule has 5 heteroatoms. The molecule has 19 heavy (non-hydrogen) atoms. The number of ether oxygens (including phenoxy) is 2. The highest BCUT2D eigenvalue weighted by Gasteiger charge is 2.10. The molecule has 0 aliphatic rings. The number of rotatable bonds is 4. The first-order valence-electron chi connectivity index (χ1n) is 5.62. The number of anilines is 2. The molecule has 0 amide bonds. The lowest BCUT2D eigenvalue weighted by Gasteiger charge is -2.10. The van der Waals surface area contributed by atoms with Gasteiger partial charge in [-0.15, -0.1) is 0 Å². The van der Waals surface area contributed by atoms with E-state index in [1.54, 1.807) is 19.4 Å². The van der Waals surface area contributed by atoms with E-state index >= 15 is 0 Å². The summed E-state index contributed by atoms with van der Waals surface area (Å²) in [5.74, 6) is 1.73. The molecule has 1 aromatic heterocycles. The molecule has 0 radical (unpaired) electrons. The fourth-order valence-corrected chi connectivity index (χ4v) is 1.63. The van der Waals surface area contributed by atoms with E-state index in [0.29, 0.717) is 17.1 Å². The van der Waals surface area contributed by atoms with Crippen LogP contribution in [0.25, 0.3) is 0 Å². The minimum Gasteiger partial charge on any atom is -0.497 e. The van der Waals surface area contributed by atoms with E-state index in [0.717, 1.165) is 11.4 Å². The largest absolute Gasteiger partial charge is 0.497 e. The number of hydrogen-bond donors (Lipinski definition) is 1. The maximum absolute atomic E-state index is 9.16. The van der Waals surface area contributed by atoms with Crippen LogP contribution in [0.15, 0.2) is 36.5 Å². The lowest BCUT2D eigenvalue weighted by Crippen LogP contribution is -1.99. The monoisotopic (exact) mass is 255 g/mol. The Kier molecular flexibility index (Phi) is 3.84. The Morgan fingerprint density at radius 1 is 1.11 bits per heavy atom. The van der Waals surface area contributed by atoms with Gasteiger partial charge < -0.3 is 14.8 Å². The summed E-state index contributed by atoms with van der Waals surface area (Å²) in [6.45, 7) is 0. The standard InChI is InChI=1S/C14H13N3O2/c1-18-11-5-3-10(4-6-11)17-14-12(9-15)13(19-2)7-8-16-14/h3-8H,1-2H3,(H,16,17). The van der Waals surface area contributed by atoms with Gasteiger partial charge in [-0.3, -0.25) is 0 Å². The molecule has 0 aliphatic carbocycles. The highest BCUT2D eigenvalue weighted by Crippen LogP contribution is 2.26. The highest BCUT2D eigenvalue weighted by atomic mass is 16.5. The Morgan fingerprint density at radius 3 is 2.42 bits per heavy atom. The number of benzene rings is 1. The molecule has 2 rings (SSSR count). The summed E-state index contributed by atoms with van der Waals surface area (Å²) in [6.07, 6.45) is 1.59. The summed E-state index contributed by atoms with van der Waals surface area (Å²) in [5, 5.41) is 12.2. The van der Waals surface area contributed by atoms with Crippen LogP contribution in [0.5, 0.6) is 11.5 Å². The maximum Gasteiger partial charge on any atom is 0.152 e. The first-order valence-corrected chi connectivity index (χ1v) is 5.62. The number of aromatic nitrogens is 1. The molecular formula is C14H13N3O2. The van der Waals surface area contributed by atoms with E-state index in [1.807, 2.05) is 24.3 Å². The molecule has 2 aromatic rings. The topological polar surface area (TPSA) is 67.2 Å². The zero-order chi connectivity index (χ0) is 13.7. The molecule has 0 spiro atoms. The Bertz CT molecular complexity index is 603. The van der Waals surface area contributed by atoms with Crippen molar-refractivity contribution in [3.8, 4) is 17.6 Å². The molecule has 0 saturated carbocycles. The Hall–Kier alpha value is -2.74. The van der Waals surface area contributed by atoms with E-state index in [9.17, 15) is 0 Å². The van der Waals surface area contributed by atoms with Crippen LogP contribution >= 0.6 is 0 Å². The third kappa shape index (κ3) is 2.75. The van der Waals surface area contributed by atoms with Gasteiger partial charge in [0, 0.05) is 11.9 Å². The molecule has 0 saturated heterocycles. The molecule has 1 heterocycles. The first-order chi connectivity index (χ1) is 9.28. The number of nitrogens with zero attached hydrogens (tertiary/aromatic N) is 2. The average Bonchev–Trinajstić information content (AvgIpc) is 2.47. The second-order valence-corrected chi connectivity index (χ2v) is 3.70.